The minimum Gasteiger partial charge on any atom is -0.505 e. The van der Waals surface area contributed by atoms with Crippen molar-refractivity contribution in [2.45, 2.75) is 6.92 Å². The molecular formula is C15H12INO4. The summed E-state index contributed by atoms with van der Waals surface area (Å²) in [5.41, 5.74) is 1.24. The van der Waals surface area contributed by atoms with E-state index < -0.39 is 17.6 Å². The van der Waals surface area contributed by atoms with Gasteiger partial charge in [-0.1, -0.05) is 18.2 Å². The SMILES string of the molecule is Cc1cccc(C(=O)Nc2cccc(C(=O)O)c2O)c1I. The number of carbonyl (C=O) groups excluding carboxylic acids is 1. The van der Waals surface area contributed by atoms with Crippen LogP contribution in [-0.2, 0) is 0 Å². The molecule has 21 heavy (non-hydrogen) atoms. The van der Waals surface area contributed by atoms with Crippen LogP contribution in [0.4, 0.5) is 5.69 Å². The van der Waals surface area contributed by atoms with Crippen LogP contribution >= 0.6 is 22.6 Å². The minimum atomic E-state index is -1.26. The van der Waals surface area contributed by atoms with Gasteiger partial charge in [-0.3, -0.25) is 4.79 Å². The van der Waals surface area contributed by atoms with Crippen LogP contribution < -0.4 is 5.32 Å². The number of hydrogen-bond acceptors (Lipinski definition) is 3. The second-order valence-corrected chi connectivity index (χ2v) is 5.48. The van der Waals surface area contributed by atoms with Crippen LogP contribution in [0.15, 0.2) is 36.4 Å². The van der Waals surface area contributed by atoms with Gasteiger partial charge in [-0.2, -0.15) is 0 Å². The average molecular weight is 397 g/mol. The van der Waals surface area contributed by atoms with E-state index in [4.69, 9.17) is 5.11 Å². The van der Waals surface area contributed by atoms with Gasteiger partial charge in [-0.25, -0.2) is 4.79 Å². The number of nitrogens with one attached hydrogen (secondary N) is 1. The Kier molecular flexibility index (Phi) is 4.46. The van der Waals surface area contributed by atoms with Crippen LogP contribution in [0.25, 0.3) is 0 Å². The van der Waals surface area contributed by atoms with E-state index in [1.165, 1.54) is 18.2 Å². The Morgan fingerprint density at radius 1 is 1.10 bits per heavy atom. The monoisotopic (exact) mass is 397 g/mol. The quantitative estimate of drug-likeness (QED) is 0.548. The highest BCUT2D eigenvalue weighted by Gasteiger charge is 2.17. The number of carbonyl (C=O) groups is 2. The van der Waals surface area contributed by atoms with Gasteiger partial charge in [0, 0.05) is 3.57 Å². The number of halogens is 1. The molecule has 0 bridgehead atoms. The summed E-state index contributed by atoms with van der Waals surface area (Å²) in [6.45, 7) is 1.89. The fraction of sp³-hybridized carbons (Fsp3) is 0.0667. The van der Waals surface area contributed by atoms with Gasteiger partial charge in [-0.05, 0) is 53.3 Å². The number of phenols is 1. The second kappa shape index (κ2) is 6.13. The van der Waals surface area contributed by atoms with Crippen molar-refractivity contribution < 1.29 is 19.8 Å². The Balaban J connectivity index is 2.34. The maximum absolute atomic E-state index is 12.2. The smallest absolute Gasteiger partial charge is 0.339 e. The summed E-state index contributed by atoms with van der Waals surface area (Å²) in [6.07, 6.45) is 0. The normalized spacial score (nSPS) is 10.2. The highest BCUT2D eigenvalue weighted by Crippen LogP contribution is 2.28. The number of aryl methyl sites for hydroxylation is 1. The highest BCUT2D eigenvalue weighted by molar-refractivity contribution is 14.1. The van der Waals surface area contributed by atoms with Crippen molar-refractivity contribution in [2.24, 2.45) is 0 Å². The second-order valence-electron chi connectivity index (χ2n) is 4.40. The molecular weight excluding hydrogens is 385 g/mol. The topological polar surface area (TPSA) is 86.6 Å². The Morgan fingerprint density at radius 3 is 2.38 bits per heavy atom. The molecule has 0 saturated heterocycles. The van der Waals surface area contributed by atoms with Gasteiger partial charge in [0.25, 0.3) is 5.91 Å². The summed E-state index contributed by atoms with van der Waals surface area (Å²) in [7, 11) is 0. The molecule has 1 amide bonds. The van der Waals surface area contributed by atoms with Crippen LogP contribution in [0.2, 0.25) is 0 Å². The number of benzene rings is 2. The summed E-state index contributed by atoms with van der Waals surface area (Å²) < 4.78 is 0.807. The average Bonchev–Trinajstić information content (AvgIpc) is 2.43. The number of para-hydroxylation sites is 1. The van der Waals surface area contributed by atoms with Crippen molar-refractivity contribution >= 4 is 40.2 Å². The molecule has 6 heteroatoms. The molecule has 2 rings (SSSR count). The third kappa shape index (κ3) is 3.15. The van der Waals surface area contributed by atoms with Crippen LogP contribution in [0.1, 0.15) is 26.3 Å². The number of rotatable bonds is 3. The molecule has 2 aromatic carbocycles. The lowest BCUT2D eigenvalue weighted by Crippen LogP contribution is -2.14. The van der Waals surface area contributed by atoms with E-state index in [0.29, 0.717) is 5.56 Å². The number of carboxylic acid groups (broad SMARTS) is 1. The molecule has 0 radical (unpaired) electrons. The van der Waals surface area contributed by atoms with Gasteiger partial charge >= 0.3 is 5.97 Å². The van der Waals surface area contributed by atoms with Gasteiger partial charge in [0.1, 0.15) is 5.56 Å². The van der Waals surface area contributed by atoms with Crippen molar-refractivity contribution in [1.29, 1.82) is 0 Å². The van der Waals surface area contributed by atoms with Gasteiger partial charge in [0.2, 0.25) is 0 Å². The molecule has 108 valence electrons. The molecule has 5 nitrogen and oxygen atoms in total. The predicted octanol–water partition coefficient (Wildman–Crippen LogP) is 3.26. The van der Waals surface area contributed by atoms with Gasteiger partial charge < -0.3 is 15.5 Å². The first-order valence-corrected chi connectivity index (χ1v) is 7.11. The largest absolute Gasteiger partial charge is 0.505 e. The summed E-state index contributed by atoms with van der Waals surface area (Å²) >= 11 is 2.07. The molecule has 0 unspecified atom stereocenters. The summed E-state index contributed by atoms with van der Waals surface area (Å²) in [6, 6.07) is 9.50. The molecule has 0 spiro atoms. The number of anilines is 1. The zero-order valence-electron chi connectivity index (χ0n) is 11.1. The molecule has 2 aromatic rings. The first-order valence-electron chi connectivity index (χ1n) is 6.03. The van der Waals surface area contributed by atoms with E-state index in [2.05, 4.69) is 27.9 Å². The number of aromatic hydroxyl groups is 1. The molecule has 0 aromatic heterocycles. The van der Waals surface area contributed by atoms with Crippen LogP contribution in [0.5, 0.6) is 5.75 Å². The van der Waals surface area contributed by atoms with Crippen LogP contribution in [0.3, 0.4) is 0 Å². The van der Waals surface area contributed by atoms with E-state index in [1.807, 2.05) is 13.0 Å². The molecule has 0 atom stereocenters. The zero-order valence-corrected chi connectivity index (χ0v) is 13.2. The molecule has 0 aliphatic rings. The molecule has 0 aliphatic carbocycles. The minimum absolute atomic E-state index is 0.0669. The van der Waals surface area contributed by atoms with E-state index in [-0.39, 0.29) is 11.3 Å². The van der Waals surface area contributed by atoms with Gasteiger partial charge in [0.15, 0.2) is 5.75 Å². The fourth-order valence-corrected chi connectivity index (χ4v) is 2.43. The summed E-state index contributed by atoms with van der Waals surface area (Å²) in [5.74, 6) is -2.12. The molecule has 0 heterocycles. The van der Waals surface area contributed by atoms with Gasteiger partial charge in [0.05, 0.1) is 11.3 Å². The van der Waals surface area contributed by atoms with E-state index >= 15 is 0 Å². The predicted molar refractivity (Wildman–Crippen MR) is 86.9 cm³/mol. The number of amides is 1. The number of carboxylic acids is 1. The maximum atomic E-state index is 12.2. The van der Waals surface area contributed by atoms with Crippen molar-refractivity contribution in [2.75, 3.05) is 5.32 Å². The summed E-state index contributed by atoms with van der Waals surface area (Å²) in [4.78, 5) is 23.2. The standard InChI is InChI=1S/C15H12INO4/c1-8-4-2-5-9(12(8)16)14(19)17-11-7-3-6-10(13(11)18)15(20)21/h2-7,18H,1H3,(H,17,19)(H,20,21). The Bertz CT molecular complexity index is 728. The van der Waals surface area contributed by atoms with Crippen LogP contribution in [0, 0.1) is 10.5 Å². The lowest BCUT2D eigenvalue weighted by Gasteiger charge is -2.11. The molecule has 3 N–H and O–H groups in total. The zero-order chi connectivity index (χ0) is 15.6. The first kappa shape index (κ1) is 15.3. The molecule has 0 fully saturated rings. The van der Waals surface area contributed by atoms with Crippen LogP contribution in [-0.4, -0.2) is 22.1 Å². The Hall–Kier alpha value is -2.09. The third-order valence-corrected chi connectivity index (χ3v) is 4.38. The molecule has 0 aliphatic heterocycles. The lowest BCUT2D eigenvalue weighted by atomic mass is 10.1. The van der Waals surface area contributed by atoms with E-state index in [0.717, 1.165) is 9.13 Å². The van der Waals surface area contributed by atoms with Crippen molar-refractivity contribution in [1.82, 2.24) is 0 Å². The van der Waals surface area contributed by atoms with Gasteiger partial charge in [-0.15, -0.1) is 0 Å². The first-order chi connectivity index (χ1) is 9.91. The highest BCUT2D eigenvalue weighted by atomic mass is 127. The fourth-order valence-electron chi connectivity index (χ4n) is 1.83. The van der Waals surface area contributed by atoms with Crippen molar-refractivity contribution in [3.8, 4) is 5.75 Å². The van der Waals surface area contributed by atoms with Crippen molar-refractivity contribution in [3.63, 3.8) is 0 Å². The maximum Gasteiger partial charge on any atom is 0.339 e. The van der Waals surface area contributed by atoms with Crippen molar-refractivity contribution in [3.05, 3.63) is 56.7 Å². The Morgan fingerprint density at radius 2 is 1.71 bits per heavy atom. The molecule has 0 saturated carbocycles. The third-order valence-electron chi connectivity index (χ3n) is 2.95. The lowest BCUT2D eigenvalue weighted by molar-refractivity contribution is 0.0693. The van der Waals surface area contributed by atoms with E-state index in [1.54, 1.807) is 12.1 Å². The number of aromatic carboxylic acids is 1. The number of hydrogen-bond donors (Lipinski definition) is 3. The summed E-state index contributed by atoms with van der Waals surface area (Å²) in [5, 5.41) is 21.4. The Labute approximate surface area is 134 Å². The van der Waals surface area contributed by atoms with E-state index in [9.17, 15) is 14.7 Å².